The molecular weight excluding hydrogens is 418 g/mol. The molecule has 2 heterocycles. The van der Waals surface area contributed by atoms with Crippen LogP contribution in [0.4, 0.5) is 0 Å². The van der Waals surface area contributed by atoms with Gasteiger partial charge in [-0.05, 0) is 36.8 Å². The van der Waals surface area contributed by atoms with Crippen LogP contribution in [0, 0.1) is 18.8 Å². The summed E-state index contributed by atoms with van der Waals surface area (Å²) in [4.78, 5) is 32.6. The molecule has 2 aromatic rings. The number of carbonyl (C=O) groups excluding carboxylic acids is 2. The summed E-state index contributed by atoms with van der Waals surface area (Å²) in [7, 11) is 0. The number of hydrogen-bond acceptors (Lipinski definition) is 4. The molecule has 1 aromatic heterocycles. The van der Waals surface area contributed by atoms with Gasteiger partial charge < -0.3 is 10.2 Å². The van der Waals surface area contributed by atoms with Crippen molar-refractivity contribution in [2.75, 3.05) is 6.54 Å². The number of aryl methyl sites for hydroxylation is 1. The topological polar surface area (TPSA) is 62.3 Å². The number of hydrogen-bond donors (Lipinski definition) is 1. The van der Waals surface area contributed by atoms with E-state index in [-0.39, 0.29) is 29.7 Å². The maximum atomic E-state index is 12.7. The Balaban J connectivity index is 0.00000121. The molecule has 2 amide bonds. The smallest absolute Gasteiger partial charge is 0.243 e. The largest absolute Gasteiger partial charge is 0.350 e. The fourth-order valence-corrected chi connectivity index (χ4v) is 4.32. The fourth-order valence-electron chi connectivity index (χ4n) is 3.51. The van der Waals surface area contributed by atoms with Crippen LogP contribution in [0.2, 0.25) is 0 Å². The number of amides is 2. The first-order chi connectivity index (χ1) is 15.4. The molecule has 1 aliphatic rings. The number of carbonyl (C=O) groups is 2. The van der Waals surface area contributed by atoms with Crippen molar-refractivity contribution in [3.05, 3.63) is 41.0 Å². The molecule has 178 valence electrons. The second kappa shape index (κ2) is 14.0. The molecule has 0 radical (unpaired) electrons. The van der Waals surface area contributed by atoms with Crippen LogP contribution in [0.3, 0.4) is 0 Å². The molecule has 0 aliphatic carbocycles. The summed E-state index contributed by atoms with van der Waals surface area (Å²) in [5.41, 5.74) is 5.08. The molecule has 5 nitrogen and oxygen atoms in total. The van der Waals surface area contributed by atoms with E-state index in [4.69, 9.17) is 0 Å². The van der Waals surface area contributed by atoms with Crippen LogP contribution < -0.4 is 5.32 Å². The van der Waals surface area contributed by atoms with Crippen molar-refractivity contribution in [2.24, 2.45) is 11.8 Å². The molecule has 1 aliphatic heterocycles. The van der Waals surface area contributed by atoms with Crippen LogP contribution >= 0.6 is 11.3 Å². The number of thiazole rings is 1. The minimum atomic E-state index is -0.340. The van der Waals surface area contributed by atoms with Crippen molar-refractivity contribution < 1.29 is 9.59 Å². The summed E-state index contributed by atoms with van der Waals surface area (Å²) in [6.07, 6.45) is 1.63. The number of likely N-dealkylation sites (tertiary alicyclic amines) is 1. The summed E-state index contributed by atoms with van der Waals surface area (Å²) < 4.78 is 0. The summed E-state index contributed by atoms with van der Waals surface area (Å²) >= 11 is 1.63. The average Bonchev–Trinajstić information content (AvgIpc) is 3.48. The lowest BCUT2D eigenvalue weighted by atomic mass is 9.96. The third kappa shape index (κ3) is 7.16. The van der Waals surface area contributed by atoms with Gasteiger partial charge in [-0.1, -0.05) is 72.7 Å². The second-order valence-corrected chi connectivity index (χ2v) is 8.76. The van der Waals surface area contributed by atoms with E-state index >= 15 is 0 Å². The first-order valence-electron chi connectivity index (χ1n) is 12.0. The van der Waals surface area contributed by atoms with Gasteiger partial charge in [-0.25, -0.2) is 4.98 Å². The highest BCUT2D eigenvalue weighted by atomic mass is 32.1. The number of nitrogens with one attached hydrogen (secondary N) is 1. The Labute approximate surface area is 198 Å². The van der Waals surface area contributed by atoms with Crippen LogP contribution in [0.15, 0.2) is 29.8 Å². The van der Waals surface area contributed by atoms with E-state index < -0.39 is 0 Å². The average molecular weight is 460 g/mol. The lowest BCUT2D eigenvalue weighted by Gasteiger charge is -2.28. The van der Waals surface area contributed by atoms with Crippen LogP contribution in [-0.4, -0.2) is 34.3 Å². The number of aromatic nitrogens is 1. The number of nitrogens with zero attached hydrogens (tertiary/aromatic N) is 2. The molecular formula is C26H41N3O2S. The van der Waals surface area contributed by atoms with Crippen molar-refractivity contribution >= 4 is 23.2 Å². The molecule has 1 aromatic carbocycles. The van der Waals surface area contributed by atoms with Gasteiger partial charge in [-0.15, -0.1) is 11.3 Å². The zero-order chi connectivity index (χ0) is 24.3. The Morgan fingerprint density at radius 2 is 1.75 bits per heavy atom. The Morgan fingerprint density at radius 3 is 2.28 bits per heavy atom. The summed E-state index contributed by atoms with van der Waals surface area (Å²) in [6, 6.07) is 7.86. The zero-order valence-corrected chi connectivity index (χ0v) is 21.9. The molecule has 3 rings (SSSR count). The molecule has 0 bridgehead atoms. The minimum Gasteiger partial charge on any atom is -0.350 e. The molecule has 0 spiro atoms. The third-order valence-electron chi connectivity index (χ3n) is 5.66. The Morgan fingerprint density at radius 1 is 1.12 bits per heavy atom. The Kier molecular flexibility index (Phi) is 12.2. The first-order valence-corrected chi connectivity index (χ1v) is 12.8. The van der Waals surface area contributed by atoms with E-state index in [1.165, 1.54) is 4.88 Å². The maximum Gasteiger partial charge on any atom is 0.243 e. The van der Waals surface area contributed by atoms with E-state index in [9.17, 15) is 9.59 Å². The number of benzene rings is 1. The monoisotopic (exact) mass is 459 g/mol. The molecule has 32 heavy (non-hydrogen) atoms. The van der Waals surface area contributed by atoms with Crippen molar-refractivity contribution in [2.45, 2.75) is 80.8 Å². The van der Waals surface area contributed by atoms with Crippen molar-refractivity contribution in [1.29, 1.82) is 0 Å². The minimum absolute atomic E-state index is 0.0517. The van der Waals surface area contributed by atoms with Crippen molar-refractivity contribution in [3.63, 3.8) is 0 Å². The van der Waals surface area contributed by atoms with Crippen molar-refractivity contribution in [3.8, 4) is 10.4 Å². The second-order valence-electron chi connectivity index (χ2n) is 7.90. The normalized spacial score (nSPS) is 15.9. The van der Waals surface area contributed by atoms with E-state index in [0.717, 1.165) is 29.7 Å². The highest BCUT2D eigenvalue weighted by Crippen LogP contribution is 2.27. The number of rotatable bonds is 6. The summed E-state index contributed by atoms with van der Waals surface area (Å²) in [6.45, 7) is 17.2. The molecule has 2 atom stereocenters. The van der Waals surface area contributed by atoms with E-state index in [1.54, 1.807) is 16.2 Å². The standard InChI is InChI=1S/C22H29N3O2S.2C2H6/c1-14(2)15(3)22(27)25-11-5-6-19(25)21(26)23-12-17-7-9-18(10-8-17)20-16(4)24-13-28-20;2*1-2/h7-10,13-15,19H,5-6,11-12H2,1-4H3,(H,23,26);2*1-2H3. The van der Waals surface area contributed by atoms with Crippen LogP contribution in [0.25, 0.3) is 10.4 Å². The Hall–Kier alpha value is -2.21. The molecule has 2 unspecified atom stereocenters. The maximum absolute atomic E-state index is 12.7. The van der Waals surface area contributed by atoms with Gasteiger partial charge in [-0.3, -0.25) is 9.59 Å². The van der Waals surface area contributed by atoms with Crippen LogP contribution in [-0.2, 0) is 16.1 Å². The molecule has 6 heteroatoms. The quantitative estimate of drug-likeness (QED) is 0.570. The van der Waals surface area contributed by atoms with Gasteiger partial charge in [0.1, 0.15) is 6.04 Å². The summed E-state index contributed by atoms with van der Waals surface area (Å²) in [5, 5.41) is 3.02. The summed E-state index contributed by atoms with van der Waals surface area (Å²) in [5.74, 6) is 0.259. The predicted molar refractivity (Wildman–Crippen MR) is 136 cm³/mol. The van der Waals surface area contributed by atoms with Gasteiger partial charge in [0.25, 0.3) is 0 Å². The van der Waals surface area contributed by atoms with E-state index in [2.05, 4.69) is 22.4 Å². The van der Waals surface area contributed by atoms with Gasteiger partial charge in [0.15, 0.2) is 0 Å². The van der Waals surface area contributed by atoms with E-state index in [1.807, 2.05) is 73.0 Å². The lowest BCUT2D eigenvalue weighted by Crippen LogP contribution is -2.48. The highest BCUT2D eigenvalue weighted by molar-refractivity contribution is 7.13. The molecule has 0 saturated carbocycles. The van der Waals surface area contributed by atoms with Crippen molar-refractivity contribution in [1.82, 2.24) is 15.2 Å². The third-order valence-corrected chi connectivity index (χ3v) is 6.63. The first kappa shape index (κ1) is 27.8. The molecule has 1 N–H and O–H groups in total. The SMILES string of the molecule is CC.CC.Cc1ncsc1-c1ccc(CNC(=O)C2CCCN2C(=O)C(C)C(C)C)cc1. The van der Waals surface area contributed by atoms with Gasteiger partial charge >= 0.3 is 0 Å². The van der Waals surface area contributed by atoms with Crippen LogP contribution in [0.5, 0.6) is 0 Å². The van der Waals surface area contributed by atoms with Gasteiger partial charge in [0.05, 0.1) is 16.1 Å². The molecule has 1 saturated heterocycles. The van der Waals surface area contributed by atoms with Gasteiger partial charge in [-0.2, -0.15) is 0 Å². The highest BCUT2D eigenvalue weighted by Gasteiger charge is 2.36. The van der Waals surface area contributed by atoms with E-state index in [0.29, 0.717) is 13.1 Å². The predicted octanol–water partition coefficient (Wildman–Crippen LogP) is 6.07. The van der Waals surface area contributed by atoms with Gasteiger partial charge in [0.2, 0.25) is 11.8 Å². The fraction of sp³-hybridized carbons (Fsp3) is 0.577. The molecule has 1 fully saturated rings. The zero-order valence-electron chi connectivity index (χ0n) is 21.1. The van der Waals surface area contributed by atoms with Crippen LogP contribution in [0.1, 0.15) is 72.6 Å². The Bertz CT molecular complexity index is 830. The van der Waals surface area contributed by atoms with Gasteiger partial charge in [0, 0.05) is 19.0 Å². The lowest BCUT2D eigenvalue weighted by molar-refractivity contribution is -0.142.